The van der Waals surface area contributed by atoms with Crippen molar-refractivity contribution in [1.29, 1.82) is 0 Å². The molecule has 0 atom stereocenters. The fourth-order valence-electron chi connectivity index (χ4n) is 2.15. The number of nitrogens with zero attached hydrogens (tertiary/aromatic N) is 3. The predicted octanol–water partition coefficient (Wildman–Crippen LogP) is 1.86. The molecule has 3 aromatic rings. The van der Waals surface area contributed by atoms with Gasteiger partial charge in [0.2, 0.25) is 0 Å². The van der Waals surface area contributed by atoms with Crippen LogP contribution in [-0.2, 0) is 6.54 Å². The molecule has 2 heterocycles. The lowest BCUT2D eigenvalue weighted by molar-refractivity contribution is 0.0949. The zero-order chi connectivity index (χ0) is 16.2. The van der Waals surface area contributed by atoms with Crippen LogP contribution in [0.1, 0.15) is 16.8 Å². The topological polar surface area (TPSA) is 90.0 Å². The van der Waals surface area contributed by atoms with E-state index in [4.69, 9.17) is 16.0 Å². The summed E-state index contributed by atoms with van der Waals surface area (Å²) in [5, 5.41) is 11.2. The zero-order valence-corrected chi connectivity index (χ0v) is 12.8. The molecule has 7 nitrogen and oxygen atoms in total. The van der Waals surface area contributed by atoms with Crippen molar-refractivity contribution in [1.82, 2.24) is 20.1 Å². The lowest BCUT2D eigenvalue weighted by atomic mass is 10.2. The molecule has 0 radical (unpaired) electrons. The first-order valence-electron chi connectivity index (χ1n) is 6.97. The first-order chi connectivity index (χ1) is 11.1. The molecule has 8 heteroatoms. The number of amides is 1. The van der Waals surface area contributed by atoms with Crippen molar-refractivity contribution >= 4 is 28.5 Å². The highest BCUT2D eigenvalue weighted by Crippen LogP contribution is 2.18. The molecule has 0 spiro atoms. The van der Waals surface area contributed by atoms with E-state index in [0.717, 1.165) is 0 Å². The quantitative estimate of drug-likeness (QED) is 0.569. The van der Waals surface area contributed by atoms with Gasteiger partial charge in [0.05, 0.1) is 0 Å². The minimum Gasteiger partial charge on any atom is -0.422 e. The Labute approximate surface area is 135 Å². The number of rotatable bonds is 5. The van der Waals surface area contributed by atoms with Gasteiger partial charge in [-0.15, -0.1) is 10.2 Å². The Kier molecular flexibility index (Phi) is 4.38. The van der Waals surface area contributed by atoms with E-state index >= 15 is 0 Å². The van der Waals surface area contributed by atoms with Crippen molar-refractivity contribution < 1.29 is 9.21 Å². The Balaban J connectivity index is 1.67. The number of benzene rings is 1. The standard InChI is InChI=1S/C15H13ClN4O3/c16-11-2-3-13-10(6-11)7-12(15(22)23-13)14(21)17-4-1-5-20-8-18-19-9-20/h2-3,6-9H,1,4-5H2,(H,17,21). The fourth-order valence-corrected chi connectivity index (χ4v) is 2.33. The molecule has 0 bridgehead atoms. The smallest absolute Gasteiger partial charge is 0.349 e. The van der Waals surface area contributed by atoms with Gasteiger partial charge >= 0.3 is 5.63 Å². The zero-order valence-electron chi connectivity index (χ0n) is 12.0. The van der Waals surface area contributed by atoms with E-state index in [1.807, 2.05) is 0 Å². The molecule has 0 aliphatic carbocycles. The van der Waals surface area contributed by atoms with E-state index in [1.165, 1.54) is 6.07 Å². The molecule has 3 rings (SSSR count). The van der Waals surface area contributed by atoms with Crippen molar-refractivity contribution in [3.05, 3.63) is 57.9 Å². The minimum absolute atomic E-state index is 0.0379. The molecule has 0 fully saturated rings. The Hall–Kier alpha value is -2.67. The largest absolute Gasteiger partial charge is 0.422 e. The maximum absolute atomic E-state index is 12.1. The monoisotopic (exact) mass is 332 g/mol. The number of carbonyl (C=O) groups excluding carboxylic acids is 1. The molecular weight excluding hydrogens is 320 g/mol. The Bertz CT molecular complexity index is 889. The molecule has 0 unspecified atom stereocenters. The van der Waals surface area contributed by atoms with Gasteiger partial charge in [-0.3, -0.25) is 4.79 Å². The molecule has 118 valence electrons. The second kappa shape index (κ2) is 6.62. The molecule has 0 aliphatic rings. The van der Waals surface area contributed by atoms with Crippen LogP contribution in [0.5, 0.6) is 0 Å². The van der Waals surface area contributed by atoms with Gasteiger partial charge in [0.25, 0.3) is 5.91 Å². The van der Waals surface area contributed by atoms with Crippen LogP contribution >= 0.6 is 11.6 Å². The number of hydrogen-bond acceptors (Lipinski definition) is 5. The van der Waals surface area contributed by atoms with Gasteiger partial charge in [-0.1, -0.05) is 11.6 Å². The Morgan fingerprint density at radius 1 is 1.26 bits per heavy atom. The third kappa shape index (κ3) is 3.57. The summed E-state index contributed by atoms with van der Waals surface area (Å²) >= 11 is 5.91. The van der Waals surface area contributed by atoms with Crippen molar-refractivity contribution in [2.45, 2.75) is 13.0 Å². The highest BCUT2D eigenvalue weighted by atomic mass is 35.5. The second-order valence-electron chi connectivity index (χ2n) is 4.94. The van der Waals surface area contributed by atoms with Gasteiger partial charge in [-0.05, 0) is 30.7 Å². The van der Waals surface area contributed by atoms with Crippen molar-refractivity contribution in [3.8, 4) is 0 Å². The molecular formula is C15H13ClN4O3. The number of nitrogens with one attached hydrogen (secondary N) is 1. The van der Waals surface area contributed by atoms with E-state index in [9.17, 15) is 9.59 Å². The number of aromatic nitrogens is 3. The van der Waals surface area contributed by atoms with Crippen LogP contribution in [0.25, 0.3) is 11.0 Å². The summed E-state index contributed by atoms with van der Waals surface area (Å²) in [6, 6.07) is 6.35. The summed E-state index contributed by atoms with van der Waals surface area (Å²) in [5.74, 6) is -0.468. The number of hydrogen-bond donors (Lipinski definition) is 1. The van der Waals surface area contributed by atoms with Gasteiger partial charge in [-0.25, -0.2) is 4.79 Å². The summed E-state index contributed by atoms with van der Waals surface area (Å²) < 4.78 is 6.94. The lowest BCUT2D eigenvalue weighted by Crippen LogP contribution is -2.29. The SMILES string of the molecule is O=C(NCCCn1cnnc1)c1cc2cc(Cl)ccc2oc1=O. The van der Waals surface area contributed by atoms with Crippen LogP contribution in [-0.4, -0.2) is 27.2 Å². The van der Waals surface area contributed by atoms with Crippen LogP contribution in [0.4, 0.5) is 0 Å². The third-order valence-electron chi connectivity index (χ3n) is 3.28. The lowest BCUT2D eigenvalue weighted by Gasteiger charge is -2.05. The van der Waals surface area contributed by atoms with Gasteiger partial charge in [0.1, 0.15) is 23.8 Å². The minimum atomic E-state index is -0.670. The van der Waals surface area contributed by atoms with Gasteiger partial charge in [0.15, 0.2) is 0 Å². The maximum atomic E-state index is 12.1. The van der Waals surface area contributed by atoms with E-state index in [1.54, 1.807) is 35.4 Å². The molecule has 1 aromatic carbocycles. The normalized spacial score (nSPS) is 10.8. The summed E-state index contributed by atoms with van der Waals surface area (Å²) in [6.07, 6.45) is 3.89. The average Bonchev–Trinajstić information content (AvgIpc) is 3.04. The van der Waals surface area contributed by atoms with E-state index in [-0.39, 0.29) is 5.56 Å². The summed E-state index contributed by atoms with van der Waals surface area (Å²) in [4.78, 5) is 24.0. The highest BCUT2D eigenvalue weighted by Gasteiger charge is 2.13. The summed E-state index contributed by atoms with van der Waals surface area (Å²) in [5.41, 5.74) is -0.316. The molecule has 1 amide bonds. The van der Waals surface area contributed by atoms with Gasteiger partial charge in [0, 0.05) is 23.5 Å². The van der Waals surface area contributed by atoms with Crippen LogP contribution in [0, 0.1) is 0 Å². The summed E-state index contributed by atoms with van der Waals surface area (Å²) in [7, 11) is 0. The summed E-state index contributed by atoms with van der Waals surface area (Å²) in [6.45, 7) is 1.10. The number of fused-ring (bicyclic) bond motifs is 1. The first-order valence-corrected chi connectivity index (χ1v) is 7.35. The van der Waals surface area contributed by atoms with Crippen molar-refractivity contribution in [3.63, 3.8) is 0 Å². The number of aryl methyl sites for hydroxylation is 1. The maximum Gasteiger partial charge on any atom is 0.349 e. The number of carbonyl (C=O) groups is 1. The molecule has 1 N–H and O–H groups in total. The molecule has 0 aliphatic heterocycles. The van der Waals surface area contributed by atoms with Crippen LogP contribution in [0.15, 0.2) is 46.1 Å². The van der Waals surface area contributed by atoms with Gasteiger partial charge < -0.3 is 14.3 Å². The van der Waals surface area contributed by atoms with E-state index < -0.39 is 11.5 Å². The van der Waals surface area contributed by atoms with Crippen molar-refractivity contribution in [2.24, 2.45) is 0 Å². The highest BCUT2D eigenvalue weighted by molar-refractivity contribution is 6.31. The van der Waals surface area contributed by atoms with Crippen LogP contribution < -0.4 is 10.9 Å². The van der Waals surface area contributed by atoms with E-state index in [0.29, 0.717) is 35.5 Å². The second-order valence-corrected chi connectivity index (χ2v) is 5.38. The fraction of sp³-hybridized carbons (Fsp3) is 0.200. The average molecular weight is 333 g/mol. The van der Waals surface area contributed by atoms with E-state index in [2.05, 4.69) is 15.5 Å². The first kappa shape index (κ1) is 15.2. The molecule has 23 heavy (non-hydrogen) atoms. The molecule has 0 saturated heterocycles. The van der Waals surface area contributed by atoms with Crippen LogP contribution in [0.2, 0.25) is 5.02 Å². The molecule has 2 aromatic heterocycles. The third-order valence-corrected chi connectivity index (χ3v) is 3.52. The predicted molar refractivity (Wildman–Crippen MR) is 84.5 cm³/mol. The molecule has 0 saturated carbocycles. The van der Waals surface area contributed by atoms with Gasteiger partial charge in [-0.2, -0.15) is 0 Å². The van der Waals surface area contributed by atoms with Crippen LogP contribution in [0.3, 0.4) is 0 Å². The van der Waals surface area contributed by atoms with Crippen molar-refractivity contribution in [2.75, 3.05) is 6.54 Å². The Morgan fingerprint density at radius 3 is 2.83 bits per heavy atom. The Morgan fingerprint density at radius 2 is 2.04 bits per heavy atom. The number of halogens is 1.